The molecule has 0 bridgehead atoms. The lowest BCUT2D eigenvalue weighted by Gasteiger charge is -2.36. The molecule has 1 aliphatic carbocycles. The number of rotatable bonds is 4. The van der Waals surface area contributed by atoms with Crippen molar-refractivity contribution in [3.05, 3.63) is 35.4 Å². The van der Waals surface area contributed by atoms with E-state index in [9.17, 15) is 8.78 Å². The Morgan fingerprint density at radius 3 is 2.65 bits per heavy atom. The van der Waals surface area contributed by atoms with Crippen LogP contribution in [0.3, 0.4) is 0 Å². The lowest BCUT2D eigenvalue weighted by Crippen LogP contribution is -2.35. The van der Waals surface area contributed by atoms with Crippen LogP contribution in [0.1, 0.15) is 51.5 Å². The number of hydrogen-bond acceptors (Lipinski definition) is 1. The molecule has 0 radical (unpaired) electrons. The first-order valence-corrected chi connectivity index (χ1v) is 7.65. The molecule has 1 saturated carbocycles. The third-order valence-electron chi connectivity index (χ3n) is 4.41. The van der Waals surface area contributed by atoms with Gasteiger partial charge < -0.3 is 5.32 Å². The van der Waals surface area contributed by atoms with Crippen LogP contribution in [0.4, 0.5) is 8.78 Å². The first kappa shape index (κ1) is 15.4. The van der Waals surface area contributed by atoms with E-state index in [2.05, 4.69) is 26.1 Å². The summed E-state index contributed by atoms with van der Waals surface area (Å²) in [6.45, 7) is 7.38. The van der Waals surface area contributed by atoms with Gasteiger partial charge in [0.15, 0.2) is 0 Å². The Morgan fingerprint density at radius 2 is 2.00 bits per heavy atom. The van der Waals surface area contributed by atoms with Crippen LogP contribution in [0, 0.1) is 23.5 Å². The minimum atomic E-state index is -0.494. The Labute approximate surface area is 120 Å². The zero-order chi connectivity index (χ0) is 14.7. The van der Waals surface area contributed by atoms with Gasteiger partial charge in [0.25, 0.3) is 0 Å². The average molecular weight is 281 g/mol. The van der Waals surface area contributed by atoms with E-state index in [4.69, 9.17) is 0 Å². The highest BCUT2D eigenvalue weighted by Crippen LogP contribution is 2.41. The molecular formula is C17H25F2N. The quantitative estimate of drug-likeness (QED) is 0.858. The van der Waals surface area contributed by atoms with E-state index in [0.29, 0.717) is 23.4 Å². The fourth-order valence-electron chi connectivity index (χ4n) is 3.26. The fourth-order valence-corrected chi connectivity index (χ4v) is 3.26. The summed E-state index contributed by atoms with van der Waals surface area (Å²) >= 11 is 0. The van der Waals surface area contributed by atoms with Crippen LogP contribution < -0.4 is 5.32 Å². The summed E-state index contributed by atoms with van der Waals surface area (Å²) in [6.07, 6.45) is 3.30. The molecule has 3 heteroatoms. The predicted octanol–water partition coefficient (Wildman–Crippen LogP) is 4.48. The van der Waals surface area contributed by atoms with E-state index in [1.54, 1.807) is 6.07 Å². The minimum Gasteiger partial charge on any atom is -0.314 e. The van der Waals surface area contributed by atoms with E-state index in [1.807, 2.05) is 0 Å². The van der Waals surface area contributed by atoms with Gasteiger partial charge >= 0.3 is 0 Å². The molecule has 1 N–H and O–H groups in total. The summed E-state index contributed by atoms with van der Waals surface area (Å²) in [4.78, 5) is 0. The lowest BCUT2D eigenvalue weighted by molar-refractivity contribution is 0.234. The summed E-state index contributed by atoms with van der Waals surface area (Å²) in [6, 6.07) is 4.47. The van der Waals surface area contributed by atoms with Crippen LogP contribution in [0.5, 0.6) is 0 Å². The highest BCUT2D eigenvalue weighted by atomic mass is 19.1. The summed E-state index contributed by atoms with van der Waals surface area (Å²) in [5.74, 6) is 0.365. The van der Waals surface area contributed by atoms with Gasteiger partial charge in [0, 0.05) is 12.1 Å². The molecule has 3 atom stereocenters. The third kappa shape index (κ3) is 3.78. The van der Waals surface area contributed by atoms with Gasteiger partial charge in [-0.2, -0.15) is 0 Å². The molecule has 0 amide bonds. The van der Waals surface area contributed by atoms with Gasteiger partial charge in [-0.05, 0) is 48.8 Å². The molecule has 20 heavy (non-hydrogen) atoms. The Balaban J connectivity index is 2.18. The normalized spacial score (nSPS) is 27.0. The maximum absolute atomic E-state index is 14.1. The van der Waals surface area contributed by atoms with Gasteiger partial charge in [0.2, 0.25) is 0 Å². The summed E-state index contributed by atoms with van der Waals surface area (Å²) < 4.78 is 27.2. The van der Waals surface area contributed by atoms with E-state index >= 15 is 0 Å². The van der Waals surface area contributed by atoms with Crippen molar-refractivity contribution in [3.63, 3.8) is 0 Å². The van der Waals surface area contributed by atoms with E-state index in [0.717, 1.165) is 25.5 Å². The molecule has 0 aromatic heterocycles. The van der Waals surface area contributed by atoms with Crippen LogP contribution in [0.25, 0.3) is 0 Å². The van der Waals surface area contributed by atoms with Crippen molar-refractivity contribution >= 4 is 0 Å². The predicted molar refractivity (Wildman–Crippen MR) is 78.7 cm³/mol. The van der Waals surface area contributed by atoms with Crippen LogP contribution in [-0.2, 0) is 0 Å². The van der Waals surface area contributed by atoms with Gasteiger partial charge in [-0.1, -0.05) is 33.3 Å². The van der Waals surface area contributed by atoms with Crippen LogP contribution >= 0.6 is 0 Å². The molecule has 0 spiro atoms. The maximum Gasteiger partial charge on any atom is 0.129 e. The number of halogens is 2. The Hall–Kier alpha value is -0.960. The van der Waals surface area contributed by atoms with Crippen molar-refractivity contribution in [2.24, 2.45) is 11.8 Å². The largest absolute Gasteiger partial charge is 0.314 e. The SMILES string of the molecule is CC1CCC(CNC(C)C)C(c2ccc(F)cc2F)C1. The molecule has 2 rings (SSSR count). The van der Waals surface area contributed by atoms with Crippen LogP contribution in [0.2, 0.25) is 0 Å². The van der Waals surface area contributed by atoms with E-state index in [-0.39, 0.29) is 5.92 Å². The molecule has 0 heterocycles. The Morgan fingerprint density at radius 1 is 1.25 bits per heavy atom. The van der Waals surface area contributed by atoms with Crippen molar-refractivity contribution < 1.29 is 8.78 Å². The summed E-state index contributed by atoms with van der Waals surface area (Å²) in [7, 11) is 0. The first-order chi connectivity index (χ1) is 9.47. The molecule has 1 aliphatic rings. The zero-order valence-electron chi connectivity index (χ0n) is 12.6. The molecule has 1 fully saturated rings. The number of benzene rings is 1. The number of hydrogen-bond donors (Lipinski definition) is 1. The van der Waals surface area contributed by atoms with E-state index < -0.39 is 11.6 Å². The second-order valence-electron chi connectivity index (χ2n) is 6.51. The first-order valence-electron chi connectivity index (χ1n) is 7.65. The fraction of sp³-hybridized carbons (Fsp3) is 0.647. The molecular weight excluding hydrogens is 256 g/mol. The van der Waals surface area contributed by atoms with Gasteiger partial charge in [-0.3, -0.25) is 0 Å². The molecule has 3 unspecified atom stereocenters. The second-order valence-corrected chi connectivity index (χ2v) is 6.51. The summed E-state index contributed by atoms with van der Waals surface area (Å²) in [5.41, 5.74) is 0.688. The molecule has 1 aromatic rings. The summed E-state index contributed by atoms with van der Waals surface area (Å²) in [5, 5.41) is 3.46. The van der Waals surface area contributed by atoms with E-state index in [1.165, 1.54) is 12.5 Å². The molecule has 1 aromatic carbocycles. The minimum absolute atomic E-state index is 0.200. The highest BCUT2D eigenvalue weighted by molar-refractivity contribution is 5.24. The maximum atomic E-state index is 14.1. The average Bonchev–Trinajstić information content (AvgIpc) is 2.37. The van der Waals surface area contributed by atoms with Crippen molar-refractivity contribution in [1.82, 2.24) is 5.32 Å². The van der Waals surface area contributed by atoms with Gasteiger partial charge in [-0.15, -0.1) is 0 Å². The van der Waals surface area contributed by atoms with Gasteiger partial charge in [0.1, 0.15) is 11.6 Å². The number of nitrogens with one attached hydrogen (secondary N) is 1. The lowest BCUT2D eigenvalue weighted by atomic mass is 9.71. The van der Waals surface area contributed by atoms with Crippen molar-refractivity contribution in [2.45, 2.75) is 52.0 Å². The second kappa shape index (κ2) is 6.66. The van der Waals surface area contributed by atoms with Gasteiger partial charge in [0.05, 0.1) is 0 Å². The molecule has 112 valence electrons. The van der Waals surface area contributed by atoms with Crippen LogP contribution in [0.15, 0.2) is 18.2 Å². The third-order valence-corrected chi connectivity index (χ3v) is 4.41. The molecule has 0 saturated heterocycles. The van der Waals surface area contributed by atoms with Crippen molar-refractivity contribution in [1.29, 1.82) is 0 Å². The smallest absolute Gasteiger partial charge is 0.129 e. The molecule has 1 nitrogen and oxygen atoms in total. The molecule has 0 aliphatic heterocycles. The van der Waals surface area contributed by atoms with Crippen molar-refractivity contribution in [3.8, 4) is 0 Å². The zero-order valence-corrected chi connectivity index (χ0v) is 12.6. The topological polar surface area (TPSA) is 12.0 Å². The highest BCUT2D eigenvalue weighted by Gasteiger charge is 2.31. The Kier molecular flexibility index (Phi) is 5.14. The monoisotopic (exact) mass is 281 g/mol. The Bertz CT molecular complexity index is 445. The van der Waals surface area contributed by atoms with Gasteiger partial charge in [-0.25, -0.2) is 8.78 Å². The van der Waals surface area contributed by atoms with Crippen LogP contribution in [-0.4, -0.2) is 12.6 Å². The standard InChI is InChI=1S/C17H25F2N/c1-11(2)20-10-13-5-4-12(3)8-16(13)15-7-6-14(18)9-17(15)19/h6-7,9,11-13,16,20H,4-5,8,10H2,1-3H3. The van der Waals surface area contributed by atoms with Crippen molar-refractivity contribution in [2.75, 3.05) is 6.54 Å².